The highest BCUT2D eigenvalue weighted by Gasteiger charge is 2.11. The van der Waals surface area contributed by atoms with Crippen LogP contribution in [0.1, 0.15) is 17.0 Å². The van der Waals surface area contributed by atoms with Crippen LogP contribution in [-0.4, -0.2) is 21.8 Å². The lowest BCUT2D eigenvalue weighted by atomic mass is 10.1. The van der Waals surface area contributed by atoms with Gasteiger partial charge in [-0.15, -0.1) is 0 Å². The Bertz CT molecular complexity index is 495. The molecular formula is C12H14N4O. The summed E-state index contributed by atoms with van der Waals surface area (Å²) in [6.45, 7) is 2.34. The van der Waals surface area contributed by atoms with Gasteiger partial charge in [-0.25, -0.2) is 4.98 Å². The molecule has 0 bridgehead atoms. The Morgan fingerprint density at radius 3 is 3.24 bits per heavy atom. The molecule has 1 aliphatic heterocycles. The Labute approximate surface area is 99.2 Å². The monoisotopic (exact) mass is 230 g/mol. The number of nitrogens with one attached hydrogen (secondary N) is 2. The normalized spacial score (nSPS) is 13.4. The van der Waals surface area contributed by atoms with Crippen molar-refractivity contribution in [2.24, 2.45) is 0 Å². The second-order valence-corrected chi connectivity index (χ2v) is 4.08. The summed E-state index contributed by atoms with van der Waals surface area (Å²) in [6, 6.07) is 6.35. The first-order valence-corrected chi connectivity index (χ1v) is 5.71. The van der Waals surface area contributed by atoms with E-state index in [2.05, 4.69) is 32.6 Å². The van der Waals surface area contributed by atoms with Gasteiger partial charge in [0.15, 0.2) is 0 Å². The summed E-state index contributed by atoms with van der Waals surface area (Å²) in [6.07, 6.45) is 2.54. The standard InChI is InChI=1S/C12H14N4O/c1-2-11-10(3-4-17-11)5-9(1)6-13-7-12-14-8-15-16-12/h1-2,5,8,13H,3-4,6-7H2,(H,14,15,16). The summed E-state index contributed by atoms with van der Waals surface area (Å²) < 4.78 is 5.47. The van der Waals surface area contributed by atoms with Gasteiger partial charge < -0.3 is 10.1 Å². The van der Waals surface area contributed by atoms with E-state index in [9.17, 15) is 0 Å². The number of H-pyrrole nitrogens is 1. The van der Waals surface area contributed by atoms with Gasteiger partial charge in [0.2, 0.25) is 0 Å². The van der Waals surface area contributed by atoms with Crippen LogP contribution in [0.5, 0.6) is 5.75 Å². The zero-order valence-electron chi connectivity index (χ0n) is 9.44. The summed E-state index contributed by atoms with van der Waals surface area (Å²) in [5.74, 6) is 1.89. The first kappa shape index (κ1) is 10.3. The molecule has 0 fully saturated rings. The van der Waals surface area contributed by atoms with Gasteiger partial charge in [0.1, 0.15) is 17.9 Å². The van der Waals surface area contributed by atoms with Crippen molar-refractivity contribution in [1.29, 1.82) is 0 Å². The van der Waals surface area contributed by atoms with Gasteiger partial charge in [-0.2, -0.15) is 5.10 Å². The molecule has 2 aromatic rings. The average Bonchev–Trinajstić information content (AvgIpc) is 2.98. The number of aromatic nitrogens is 3. The Kier molecular flexibility index (Phi) is 2.75. The number of benzene rings is 1. The van der Waals surface area contributed by atoms with Crippen molar-refractivity contribution in [2.75, 3.05) is 6.61 Å². The number of rotatable bonds is 4. The predicted octanol–water partition coefficient (Wildman–Crippen LogP) is 1.03. The molecule has 3 rings (SSSR count). The second-order valence-electron chi connectivity index (χ2n) is 4.08. The number of aromatic amines is 1. The van der Waals surface area contributed by atoms with Crippen molar-refractivity contribution in [3.05, 3.63) is 41.5 Å². The summed E-state index contributed by atoms with van der Waals surface area (Å²) in [5, 5.41) is 9.94. The van der Waals surface area contributed by atoms with Gasteiger partial charge in [-0.05, 0) is 17.2 Å². The van der Waals surface area contributed by atoms with E-state index in [4.69, 9.17) is 4.74 Å². The number of hydrogen-bond donors (Lipinski definition) is 2. The quantitative estimate of drug-likeness (QED) is 0.823. The lowest BCUT2D eigenvalue weighted by Crippen LogP contribution is -2.13. The highest BCUT2D eigenvalue weighted by molar-refractivity contribution is 5.39. The molecule has 1 aromatic carbocycles. The van der Waals surface area contributed by atoms with Crippen LogP contribution in [0.3, 0.4) is 0 Å². The molecule has 0 unspecified atom stereocenters. The third-order valence-corrected chi connectivity index (χ3v) is 2.84. The van der Waals surface area contributed by atoms with Crippen LogP contribution in [-0.2, 0) is 19.5 Å². The molecule has 5 nitrogen and oxygen atoms in total. The topological polar surface area (TPSA) is 62.8 Å². The maximum absolute atomic E-state index is 5.47. The van der Waals surface area contributed by atoms with Gasteiger partial charge in [0.05, 0.1) is 13.2 Å². The van der Waals surface area contributed by atoms with E-state index in [1.165, 1.54) is 17.5 Å². The van der Waals surface area contributed by atoms with E-state index in [0.29, 0.717) is 6.54 Å². The molecule has 5 heteroatoms. The Balaban J connectivity index is 1.58. The zero-order valence-corrected chi connectivity index (χ0v) is 9.44. The lowest BCUT2D eigenvalue weighted by molar-refractivity contribution is 0.357. The van der Waals surface area contributed by atoms with E-state index in [-0.39, 0.29) is 0 Å². The van der Waals surface area contributed by atoms with Crippen LogP contribution in [0.4, 0.5) is 0 Å². The van der Waals surface area contributed by atoms with Gasteiger partial charge >= 0.3 is 0 Å². The molecule has 0 spiro atoms. The van der Waals surface area contributed by atoms with E-state index in [1.54, 1.807) is 0 Å². The van der Waals surface area contributed by atoms with Gasteiger partial charge in [-0.1, -0.05) is 12.1 Å². The number of fused-ring (bicyclic) bond motifs is 1. The van der Waals surface area contributed by atoms with E-state index in [1.807, 2.05) is 6.07 Å². The van der Waals surface area contributed by atoms with Crippen molar-refractivity contribution in [3.63, 3.8) is 0 Å². The third kappa shape index (κ3) is 2.29. The first-order chi connectivity index (χ1) is 8.42. The Hall–Kier alpha value is -1.88. The van der Waals surface area contributed by atoms with Crippen molar-refractivity contribution >= 4 is 0 Å². The Morgan fingerprint density at radius 2 is 2.35 bits per heavy atom. The zero-order chi connectivity index (χ0) is 11.5. The molecule has 1 aliphatic rings. The molecule has 1 aromatic heterocycles. The molecule has 17 heavy (non-hydrogen) atoms. The fourth-order valence-electron chi connectivity index (χ4n) is 1.99. The second kappa shape index (κ2) is 4.55. The maximum atomic E-state index is 5.47. The molecular weight excluding hydrogens is 216 g/mol. The fourth-order valence-corrected chi connectivity index (χ4v) is 1.99. The van der Waals surface area contributed by atoms with Crippen LogP contribution in [0.15, 0.2) is 24.5 Å². The molecule has 0 atom stereocenters. The van der Waals surface area contributed by atoms with Crippen molar-refractivity contribution in [2.45, 2.75) is 19.5 Å². The molecule has 0 radical (unpaired) electrons. The molecule has 0 amide bonds. The molecule has 88 valence electrons. The van der Waals surface area contributed by atoms with E-state index < -0.39 is 0 Å². The summed E-state index contributed by atoms with van der Waals surface area (Å²) in [5.41, 5.74) is 2.58. The SMILES string of the molecule is c1n[nH]c(CNCc2ccc3c(c2)CCO3)n1. The predicted molar refractivity (Wildman–Crippen MR) is 62.6 cm³/mol. The molecule has 2 heterocycles. The number of ether oxygens (including phenoxy) is 1. The van der Waals surface area contributed by atoms with Crippen LogP contribution in [0.2, 0.25) is 0 Å². The highest BCUT2D eigenvalue weighted by atomic mass is 16.5. The van der Waals surface area contributed by atoms with E-state index in [0.717, 1.165) is 31.1 Å². The largest absolute Gasteiger partial charge is 0.493 e. The maximum Gasteiger partial charge on any atom is 0.138 e. The average molecular weight is 230 g/mol. The summed E-state index contributed by atoms with van der Waals surface area (Å²) >= 11 is 0. The van der Waals surface area contributed by atoms with Crippen LogP contribution in [0.25, 0.3) is 0 Å². The number of hydrogen-bond acceptors (Lipinski definition) is 4. The van der Waals surface area contributed by atoms with Gasteiger partial charge in [0, 0.05) is 13.0 Å². The van der Waals surface area contributed by atoms with Crippen LogP contribution in [0, 0.1) is 0 Å². The van der Waals surface area contributed by atoms with E-state index >= 15 is 0 Å². The minimum Gasteiger partial charge on any atom is -0.493 e. The third-order valence-electron chi connectivity index (χ3n) is 2.84. The molecule has 2 N–H and O–H groups in total. The fraction of sp³-hybridized carbons (Fsp3) is 0.333. The number of nitrogens with zero attached hydrogens (tertiary/aromatic N) is 2. The van der Waals surface area contributed by atoms with Crippen molar-refractivity contribution < 1.29 is 4.74 Å². The molecule has 0 saturated carbocycles. The van der Waals surface area contributed by atoms with Gasteiger partial charge in [-0.3, -0.25) is 5.10 Å². The van der Waals surface area contributed by atoms with Crippen molar-refractivity contribution in [1.82, 2.24) is 20.5 Å². The van der Waals surface area contributed by atoms with Crippen molar-refractivity contribution in [3.8, 4) is 5.75 Å². The Morgan fingerprint density at radius 1 is 1.35 bits per heavy atom. The summed E-state index contributed by atoms with van der Waals surface area (Å²) in [4.78, 5) is 4.06. The van der Waals surface area contributed by atoms with Crippen LogP contribution >= 0.6 is 0 Å². The van der Waals surface area contributed by atoms with Crippen LogP contribution < -0.4 is 10.1 Å². The minimum atomic E-state index is 0.702. The summed E-state index contributed by atoms with van der Waals surface area (Å²) in [7, 11) is 0. The highest BCUT2D eigenvalue weighted by Crippen LogP contribution is 2.25. The molecule has 0 aliphatic carbocycles. The first-order valence-electron chi connectivity index (χ1n) is 5.71. The lowest BCUT2D eigenvalue weighted by Gasteiger charge is -2.05. The smallest absolute Gasteiger partial charge is 0.138 e. The molecule has 0 saturated heterocycles. The minimum absolute atomic E-state index is 0.702. The van der Waals surface area contributed by atoms with Gasteiger partial charge in [0.25, 0.3) is 0 Å².